The third kappa shape index (κ3) is 3.63. The van der Waals surface area contributed by atoms with Crippen molar-refractivity contribution in [3.63, 3.8) is 0 Å². The molecular weight excluding hydrogens is 420 g/mol. The maximum absolute atomic E-state index is 13.1. The molecule has 5 rings (SSSR count). The number of aromatic nitrogens is 1. The number of aromatic hydroxyl groups is 1. The summed E-state index contributed by atoms with van der Waals surface area (Å²) in [6.45, 7) is 6.31. The maximum Gasteiger partial charge on any atom is 0.342 e. The zero-order valence-electron chi connectivity index (χ0n) is 18.7. The summed E-state index contributed by atoms with van der Waals surface area (Å²) in [7, 11) is 0. The highest BCUT2D eigenvalue weighted by atomic mass is 16.5. The van der Waals surface area contributed by atoms with Crippen LogP contribution >= 0.6 is 0 Å². The molecule has 7 heteroatoms. The lowest BCUT2D eigenvalue weighted by Crippen LogP contribution is -2.39. The van der Waals surface area contributed by atoms with Gasteiger partial charge in [0.05, 0.1) is 25.9 Å². The topological polar surface area (TPSA) is 85.0 Å². The Bertz CT molecular complexity index is 1310. The van der Waals surface area contributed by atoms with E-state index in [2.05, 4.69) is 9.88 Å². The number of ether oxygens (including phenoxy) is 2. The highest BCUT2D eigenvalue weighted by molar-refractivity contribution is 6.16. The molecule has 0 aliphatic carbocycles. The summed E-state index contributed by atoms with van der Waals surface area (Å²) in [6.07, 6.45) is 3.53. The van der Waals surface area contributed by atoms with E-state index >= 15 is 0 Å². The number of carbonyl (C=O) groups is 1. The maximum atomic E-state index is 13.1. The number of esters is 1. The molecule has 170 valence electrons. The smallest absolute Gasteiger partial charge is 0.342 e. The molecule has 2 aromatic heterocycles. The van der Waals surface area contributed by atoms with Gasteiger partial charge in [-0.25, -0.2) is 4.79 Å². The van der Waals surface area contributed by atoms with Crippen molar-refractivity contribution in [3.8, 4) is 5.75 Å². The Morgan fingerprint density at radius 2 is 1.94 bits per heavy atom. The van der Waals surface area contributed by atoms with E-state index in [9.17, 15) is 9.90 Å². The molecule has 1 aliphatic heterocycles. The van der Waals surface area contributed by atoms with Crippen molar-refractivity contribution in [2.75, 3.05) is 32.9 Å². The lowest BCUT2D eigenvalue weighted by molar-refractivity contribution is 0.0237. The van der Waals surface area contributed by atoms with Gasteiger partial charge in [0.2, 0.25) is 0 Å². The molecule has 3 heterocycles. The second-order valence-electron chi connectivity index (χ2n) is 8.10. The van der Waals surface area contributed by atoms with E-state index in [1.165, 1.54) is 0 Å². The van der Waals surface area contributed by atoms with Gasteiger partial charge < -0.3 is 19.0 Å². The minimum atomic E-state index is -0.461. The molecule has 2 aromatic carbocycles. The van der Waals surface area contributed by atoms with Gasteiger partial charge in [-0.1, -0.05) is 30.3 Å². The number of furan rings is 1. The number of phenolic OH excluding ortho intramolecular Hbond substituents is 1. The van der Waals surface area contributed by atoms with Crippen molar-refractivity contribution in [2.45, 2.75) is 19.9 Å². The third-order valence-corrected chi connectivity index (χ3v) is 6.20. The number of phenols is 1. The van der Waals surface area contributed by atoms with Crippen LogP contribution in [0.15, 0.2) is 53.2 Å². The van der Waals surface area contributed by atoms with Crippen LogP contribution < -0.4 is 0 Å². The average molecular weight is 447 g/mol. The predicted molar refractivity (Wildman–Crippen MR) is 125 cm³/mol. The Balaban J connectivity index is 1.89. The molecule has 33 heavy (non-hydrogen) atoms. The van der Waals surface area contributed by atoms with Gasteiger partial charge in [-0.05, 0) is 25.5 Å². The summed E-state index contributed by atoms with van der Waals surface area (Å²) in [5.41, 5.74) is 2.46. The molecular formula is C26H26N2O5. The van der Waals surface area contributed by atoms with E-state index in [-0.39, 0.29) is 18.4 Å². The van der Waals surface area contributed by atoms with Crippen LogP contribution in [0.4, 0.5) is 0 Å². The predicted octanol–water partition coefficient (Wildman–Crippen LogP) is 4.59. The number of fused-ring (bicyclic) bond motifs is 3. The van der Waals surface area contributed by atoms with Crippen LogP contribution in [0.1, 0.15) is 40.2 Å². The Morgan fingerprint density at radius 3 is 2.64 bits per heavy atom. The molecule has 0 unspecified atom stereocenters. The van der Waals surface area contributed by atoms with Gasteiger partial charge in [0.1, 0.15) is 22.7 Å². The van der Waals surface area contributed by atoms with Gasteiger partial charge in [-0.3, -0.25) is 9.88 Å². The van der Waals surface area contributed by atoms with E-state index in [1.54, 1.807) is 26.2 Å². The van der Waals surface area contributed by atoms with Crippen molar-refractivity contribution >= 4 is 27.7 Å². The van der Waals surface area contributed by atoms with Gasteiger partial charge in [0.25, 0.3) is 0 Å². The standard InChI is InChI=1S/C26H26N2O5/c1-3-32-26(30)20-16(2)33-25-19-9-5-4-8-18(19)24(29)22(21(20)25)23(17-7-6-10-27-15-17)28-11-13-31-14-12-28/h4-10,15,23,29H,3,11-14H2,1-2H3/t23-/m1/s1. The van der Waals surface area contributed by atoms with Gasteiger partial charge in [0, 0.05) is 47.2 Å². The quantitative estimate of drug-likeness (QED) is 0.449. The van der Waals surface area contributed by atoms with Crippen molar-refractivity contribution in [2.24, 2.45) is 0 Å². The molecule has 0 spiro atoms. The number of carbonyl (C=O) groups excluding carboxylic acids is 1. The number of rotatable bonds is 5. The molecule has 7 nitrogen and oxygen atoms in total. The van der Waals surface area contributed by atoms with Gasteiger partial charge in [-0.15, -0.1) is 0 Å². The summed E-state index contributed by atoms with van der Waals surface area (Å²) >= 11 is 0. The highest BCUT2D eigenvalue weighted by Crippen LogP contribution is 2.47. The number of hydrogen-bond donors (Lipinski definition) is 1. The summed E-state index contributed by atoms with van der Waals surface area (Å²) in [4.78, 5) is 19.7. The Morgan fingerprint density at radius 1 is 1.18 bits per heavy atom. The molecule has 1 saturated heterocycles. The fourth-order valence-electron chi connectivity index (χ4n) is 4.79. The average Bonchev–Trinajstić information content (AvgIpc) is 3.20. The molecule has 4 aromatic rings. The van der Waals surface area contributed by atoms with Gasteiger partial charge in [0.15, 0.2) is 0 Å². The van der Waals surface area contributed by atoms with E-state index in [0.717, 1.165) is 10.9 Å². The minimum absolute atomic E-state index is 0.129. The lowest BCUT2D eigenvalue weighted by Gasteiger charge is -2.35. The summed E-state index contributed by atoms with van der Waals surface area (Å²) in [5, 5.41) is 13.7. The van der Waals surface area contributed by atoms with Crippen molar-refractivity contribution in [3.05, 3.63) is 71.2 Å². The Labute approximate surface area is 191 Å². The first-order chi connectivity index (χ1) is 16.1. The van der Waals surface area contributed by atoms with E-state index in [0.29, 0.717) is 59.5 Å². The molecule has 0 radical (unpaired) electrons. The van der Waals surface area contributed by atoms with E-state index in [4.69, 9.17) is 13.9 Å². The molecule has 1 fully saturated rings. The first-order valence-electron chi connectivity index (χ1n) is 11.2. The number of aryl methyl sites for hydroxylation is 1. The second kappa shape index (κ2) is 8.84. The third-order valence-electron chi connectivity index (χ3n) is 6.20. The van der Waals surface area contributed by atoms with Crippen LogP contribution in [0.5, 0.6) is 5.75 Å². The summed E-state index contributed by atoms with van der Waals surface area (Å²) in [5.74, 6) is 0.133. The van der Waals surface area contributed by atoms with Crippen molar-refractivity contribution in [1.29, 1.82) is 0 Å². The normalized spacial score (nSPS) is 15.7. The van der Waals surface area contributed by atoms with Gasteiger partial charge in [-0.2, -0.15) is 0 Å². The highest BCUT2D eigenvalue weighted by Gasteiger charge is 2.34. The number of benzene rings is 2. The minimum Gasteiger partial charge on any atom is -0.507 e. The summed E-state index contributed by atoms with van der Waals surface area (Å²) < 4.78 is 17.2. The molecule has 1 atom stereocenters. The molecule has 0 bridgehead atoms. The molecule has 1 N–H and O–H groups in total. The Kier molecular flexibility index (Phi) is 5.74. The fourth-order valence-corrected chi connectivity index (χ4v) is 4.79. The zero-order chi connectivity index (χ0) is 22.9. The van der Waals surface area contributed by atoms with Crippen LogP contribution in [-0.2, 0) is 9.47 Å². The lowest BCUT2D eigenvalue weighted by atomic mass is 9.89. The first kappa shape index (κ1) is 21.4. The van der Waals surface area contributed by atoms with E-state index in [1.807, 2.05) is 36.4 Å². The zero-order valence-corrected chi connectivity index (χ0v) is 18.7. The molecule has 0 amide bonds. The molecule has 1 aliphatic rings. The number of nitrogens with zero attached hydrogens (tertiary/aromatic N) is 2. The largest absolute Gasteiger partial charge is 0.507 e. The van der Waals surface area contributed by atoms with Crippen LogP contribution in [0.25, 0.3) is 21.7 Å². The molecule has 0 saturated carbocycles. The van der Waals surface area contributed by atoms with Crippen LogP contribution in [0.3, 0.4) is 0 Å². The van der Waals surface area contributed by atoms with Gasteiger partial charge >= 0.3 is 5.97 Å². The fraction of sp³-hybridized carbons (Fsp3) is 0.308. The second-order valence-corrected chi connectivity index (χ2v) is 8.10. The summed E-state index contributed by atoms with van der Waals surface area (Å²) in [6, 6.07) is 11.1. The monoisotopic (exact) mass is 446 g/mol. The van der Waals surface area contributed by atoms with Crippen molar-refractivity contribution < 1.29 is 23.8 Å². The Hall–Kier alpha value is -3.42. The first-order valence-corrected chi connectivity index (χ1v) is 11.2. The van der Waals surface area contributed by atoms with E-state index < -0.39 is 5.97 Å². The number of morpholine rings is 1. The number of pyridine rings is 1. The SMILES string of the molecule is CCOC(=O)c1c(C)oc2c1c([C@@H](c1cccnc1)N1CCOCC1)c(O)c1ccccc12. The number of hydrogen-bond acceptors (Lipinski definition) is 7. The van der Waals surface area contributed by atoms with Crippen LogP contribution in [0, 0.1) is 6.92 Å². The van der Waals surface area contributed by atoms with Crippen LogP contribution in [0.2, 0.25) is 0 Å². The van der Waals surface area contributed by atoms with Crippen molar-refractivity contribution in [1.82, 2.24) is 9.88 Å². The van der Waals surface area contributed by atoms with Crippen LogP contribution in [-0.4, -0.2) is 53.9 Å².